The first-order chi connectivity index (χ1) is 34.9. The number of carbonyl (C=O) groups is 3. The van der Waals surface area contributed by atoms with Crippen LogP contribution < -0.4 is 30.9 Å². The minimum atomic E-state index is -0.681. The smallest absolute Gasteiger partial charge is 0.319 e. The molecule has 9 heterocycles. The van der Waals surface area contributed by atoms with Gasteiger partial charge in [0.2, 0.25) is 11.8 Å². The van der Waals surface area contributed by atoms with Crippen LogP contribution >= 0.6 is 11.3 Å². The standard InChI is InChI=1S/C53H58F2N12O4S/c54-39-6-5-36(42-37(22-56)47(57)72-46(39)42)44-43(55)45-38(23-58-44)48(66-26-32-1-2-33(27-66)59-32)62-51(61-45)71-29-53(9-10-53)28-64-13-11-52(12-14-64)20-30(21-52)24-63-15-17-65(18-16-63)34-3-4-35-31(19-34)25-67(50(35)70)40-7-8-41(68)60-49(40)69/h3-6,19,23,30,32-33,40,59H,1-2,7-18,20-21,24-29,57H2,(H,60,68,69)/t32?,33?,40-/m0/s1. The summed E-state index contributed by atoms with van der Waals surface area (Å²) in [5.74, 6) is -0.702. The van der Waals surface area contributed by atoms with Crippen LogP contribution in [0.4, 0.5) is 25.3 Å². The second-order valence-electron chi connectivity index (χ2n) is 22.2. The molecule has 8 aliphatic rings. The number of nitrogen functional groups attached to an aromatic ring is 1. The van der Waals surface area contributed by atoms with Crippen molar-refractivity contribution in [1.29, 1.82) is 5.26 Å². The van der Waals surface area contributed by atoms with Crippen LogP contribution in [0.15, 0.2) is 36.5 Å². The van der Waals surface area contributed by atoms with Crippen LogP contribution in [0.2, 0.25) is 0 Å². The van der Waals surface area contributed by atoms with E-state index in [1.54, 1.807) is 11.1 Å². The largest absolute Gasteiger partial charge is 0.463 e. The zero-order valence-electron chi connectivity index (χ0n) is 40.2. The number of rotatable bonds is 11. The number of fused-ring (bicyclic) bond motifs is 5. The lowest BCUT2D eigenvalue weighted by Gasteiger charge is -2.54. The molecule has 2 unspecified atom stereocenters. The van der Waals surface area contributed by atoms with E-state index in [0.29, 0.717) is 53.8 Å². The molecule has 3 amide bonds. The molecule has 7 fully saturated rings. The van der Waals surface area contributed by atoms with Crippen LogP contribution in [0, 0.1) is 39.7 Å². The number of hydrogen-bond donors (Lipinski definition) is 3. The van der Waals surface area contributed by atoms with Gasteiger partial charge in [-0.2, -0.15) is 15.2 Å². The Morgan fingerprint density at radius 3 is 2.40 bits per heavy atom. The third-order valence-corrected chi connectivity index (χ3v) is 18.5. The van der Waals surface area contributed by atoms with Gasteiger partial charge >= 0.3 is 6.01 Å². The number of thiophene rings is 1. The summed E-state index contributed by atoms with van der Waals surface area (Å²) in [5, 5.41) is 16.9. The van der Waals surface area contributed by atoms with E-state index in [1.165, 1.54) is 37.8 Å². The van der Waals surface area contributed by atoms with E-state index in [1.807, 2.05) is 12.1 Å². The summed E-state index contributed by atoms with van der Waals surface area (Å²) in [6.45, 7) is 10.4. The Morgan fingerprint density at radius 1 is 0.903 bits per heavy atom. The third kappa shape index (κ3) is 8.09. The van der Waals surface area contributed by atoms with Gasteiger partial charge in [0, 0.05) is 111 Å². The van der Waals surface area contributed by atoms with Gasteiger partial charge in [-0.1, -0.05) is 0 Å². The summed E-state index contributed by atoms with van der Waals surface area (Å²) in [7, 11) is 0. The Labute approximate surface area is 419 Å². The number of pyridine rings is 1. The van der Waals surface area contributed by atoms with Gasteiger partial charge in [-0.05, 0) is 118 Å². The van der Waals surface area contributed by atoms with Crippen molar-refractivity contribution in [1.82, 2.24) is 40.3 Å². The topological polar surface area (TPSA) is 189 Å². The summed E-state index contributed by atoms with van der Waals surface area (Å²) >= 11 is 0.967. The Bertz CT molecular complexity index is 3090. The number of carbonyl (C=O) groups excluding carboxylic acids is 3. The van der Waals surface area contributed by atoms with E-state index >= 15 is 8.78 Å². The lowest BCUT2D eigenvalue weighted by Crippen LogP contribution is -2.53. The number of hydrogen-bond acceptors (Lipinski definition) is 15. The van der Waals surface area contributed by atoms with Crippen LogP contribution in [-0.4, -0.2) is 138 Å². The molecule has 1 spiro atoms. The van der Waals surface area contributed by atoms with Gasteiger partial charge in [-0.15, -0.1) is 11.3 Å². The van der Waals surface area contributed by atoms with Crippen molar-refractivity contribution in [3.8, 4) is 23.3 Å². The summed E-state index contributed by atoms with van der Waals surface area (Å²) in [6.07, 6.45) is 11.4. The van der Waals surface area contributed by atoms with Crippen molar-refractivity contribution in [2.45, 2.75) is 88.9 Å². The number of piperazine rings is 2. The minimum Gasteiger partial charge on any atom is -0.463 e. The molecule has 72 heavy (non-hydrogen) atoms. The number of piperidine rings is 2. The van der Waals surface area contributed by atoms with E-state index in [-0.39, 0.29) is 73.0 Å². The summed E-state index contributed by atoms with van der Waals surface area (Å²) < 4.78 is 38.8. The van der Waals surface area contributed by atoms with Crippen molar-refractivity contribution < 1.29 is 27.9 Å². The molecular formula is C53H58F2N12O4S. The predicted octanol–water partition coefficient (Wildman–Crippen LogP) is 5.81. The fourth-order valence-electron chi connectivity index (χ4n) is 13.4. The number of imide groups is 1. The number of anilines is 3. The van der Waals surface area contributed by atoms with Crippen molar-refractivity contribution in [3.63, 3.8) is 0 Å². The molecule has 13 rings (SSSR count). The Kier molecular flexibility index (Phi) is 11.2. The van der Waals surface area contributed by atoms with Crippen molar-refractivity contribution >= 4 is 66.6 Å². The molecule has 5 aromatic rings. The molecule has 4 N–H and O–H groups in total. The van der Waals surface area contributed by atoms with Gasteiger partial charge in [0.1, 0.15) is 40.0 Å². The molecule has 16 nitrogen and oxygen atoms in total. The van der Waals surface area contributed by atoms with Crippen LogP contribution in [0.1, 0.15) is 85.7 Å². The zero-order valence-corrected chi connectivity index (χ0v) is 41.0. The normalized spacial score (nSPS) is 25.0. The fraction of sp³-hybridized carbons (Fsp3) is 0.528. The van der Waals surface area contributed by atoms with Crippen LogP contribution in [0.25, 0.3) is 32.2 Å². The van der Waals surface area contributed by atoms with E-state index in [0.717, 1.165) is 120 Å². The second kappa shape index (κ2) is 17.6. The summed E-state index contributed by atoms with van der Waals surface area (Å²) in [5.41, 5.74) is 9.69. The molecule has 2 saturated carbocycles. The molecular weight excluding hydrogens is 939 g/mol. The quantitative estimate of drug-likeness (QED) is 0.135. The molecule has 3 aromatic heterocycles. The zero-order chi connectivity index (χ0) is 49.0. The average Bonchev–Trinajstić information content (AvgIpc) is 3.77. The maximum atomic E-state index is 17.1. The number of nitriles is 1. The molecule has 19 heteroatoms. The molecule has 374 valence electrons. The number of nitrogens with one attached hydrogen (secondary N) is 2. The van der Waals surface area contributed by atoms with E-state index < -0.39 is 17.7 Å². The Balaban J connectivity index is 0.622. The molecule has 6 aliphatic heterocycles. The molecule has 5 saturated heterocycles. The minimum absolute atomic E-state index is 0.0109. The van der Waals surface area contributed by atoms with Crippen molar-refractivity contribution in [2.24, 2.45) is 16.7 Å². The monoisotopic (exact) mass is 996 g/mol. The van der Waals surface area contributed by atoms with E-state index in [4.69, 9.17) is 20.4 Å². The van der Waals surface area contributed by atoms with Gasteiger partial charge in [0.05, 0.1) is 22.3 Å². The predicted molar refractivity (Wildman–Crippen MR) is 268 cm³/mol. The van der Waals surface area contributed by atoms with Crippen LogP contribution in [0.3, 0.4) is 0 Å². The van der Waals surface area contributed by atoms with Crippen LogP contribution in [-0.2, 0) is 16.1 Å². The highest BCUT2D eigenvalue weighted by Gasteiger charge is 2.50. The molecule has 2 aliphatic carbocycles. The van der Waals surface area contributed by atoms with Crippen LogP contribution in [0.5, 0.6) is 6.01 Å². The van der Waals surface area contributed by atoms with Gasteiger partial charge in [0.15, 0.2) is 5.82 Å². The molecule has 0 radical (unpaired) electrons. The maximum absolute atomic E-state index is 17.1. The number of nitrogens with two attached hydrogens (primary N) is 1. The highest BCUT2D eigenvalue weighted by molar-refractivity contribution is 7.23. The van der Waals surface area contributed by atoms with Crippen molar-refractivity contribution in [2.75, 3.05) is 87.6 Å². The fourth-order valence-corrected chi connectivity index (χ4v) is 14.3. The lowest BCUT2D eigenvalue weighted by molar-refractivity contribution is -0.136. The number of benzene rings is 2. The summed E-state index contributed by atoms with van der Waals surface area (Å²) in [6, 6.07) is 11.0. The van der Waals surface area contributed by atoms with E-state index in [2.05, 4.69) is 47.4 Å². The van der Waals surface area contributed by atoms with Gasteiger partial charge in [-0.25, -0.2) is 8.78 Å². The molecule has 2 bridgehead atoms. The molecule has 3 atom stereocenters. The van der Waals surface area contributed by atoms with Gasteiger partial charge in [0.25, 0.3) is 5.91 Å². The number of ether oxygens (including phenoxy) is 1. The van der Waals surface area contributed by atoms with Crippen molar-refractivity contribution in [3.05, 3.63) is 64.9 Å². The number of amides is 3. The molecule has 2 aromatic carbocycles. The SMILES string of the molecule is N#Cc1c(N)sc2c(F)ccc(-c3ncc4c(N5CC6CCC(C5)N6)nc(OCC5(CN6CCC7(CC6)CC(CN6CCN(c8ccc9c(c8)CN([C@H]8CCC(=O)NC8=O)C9=O)CC6)C7)CC5)nc4c3F)c12. The Morgan fingerprint density at radius 2 is 1.67 bits per heavy atom. The lowest BCUT2D eigenvalue weighted by atomic mass is 9.57. The average molecular weight is 997 g/mol. The highest BCUT2D eigenvalue weighted by Crippen LogP contribution is 2.54. The van der Waals surface area contributed by atoms with Gasteiger partial charge in [-0.3, -0.25) is 29.6 Å². The number of aromatic nitrogens is 3. The number of nitrogens with zero attached hydrogens (tertiary/aromatic N) is 9. The first-order valence-electron chi connectivity index (χ1n) is 25.8. The maximum Gasteiger partial charge on any atom is 0.319 e. The van der Waals surface area contributed by atoms with Gasteiger partial charge < -0.3 is 35.4 Å². The number of likely N-dealkylation sites (tertiary alicyclic amines) is 1. The second-order valence-corrected chi connectivity index (χ2v) is 23.2. The highest BCUT2D eigenvalue weighted by atomic mass is 32.1. The number of halogens is 2. The third-order valence-electron chi connectivity index (χ3n) is 17.5. The first-order valence-corrected chi connectivity index (χ1v) is 26.6. The summed E-state index contributed by atoms with van der Waals surface area (Å²) in [4.78, 5) is 63.2. The first kappa shape index (κ1) is 45.8. The van der Waals surface area contributed by atoms with E-state index in [9.17, 15) is 19.6 Å². The Hall–Kier alpha value is -6.07.